The molecule has 1 aromatic carbocycles. The Morgan fingerprint density at radius 2 is 2.11 bits per heavy atom. The first kappa shape index (κ1) is 14.0. The van der Waals surface area contributed by atoms with E-state index in [9.17, 15) is 4.79 Å². The Morgan fingerprint density at radius 1 is 1.32 bits per heavy atom. The minimum Gasteiger partial charge on any atom is -0.465 e. The smallest absolute Gasteiger partial charge is 0.325 e. The zero-order valence-corrected chi connectivity index (χ0v) is 11.4. The van der Waals surface area contributed by atoms with Crippen molar-refractivity contribution < 1.29 is 14.4 Å². The van der Waals surface area contributed by atoms with Crippen LogP contribution in [0.1, 0.15) is 31.7 Å². The molecule has 0 N–H and O–H groups in total. The highest BCUT2D eigenvalue weighted by Crippen LogP contribution is 2.19. The zero-order valence-electron chi connectivity index (χ0n) is 11.4. The molecule has 104 valence electrons. The first-order valence-electron chi connectivity index (χ1n) is 6.91. The molecule has 0 unspecified atom stereocenters. The van der Waals surface area contributed by atoms with Crippen molar-refractivity contribution in [3.8, 4) is 0 Å². The van der Waals surface area contributed by atoms with Crippen LogP contribution >= 0.6 is 0 Å². The van der Waals surface area contributed by atoms with E-state index >= 15 is 0 Å². The summed E-state index contributed by atoms with van der Waals surface area (Å²) in [6, 6.07) is 9.73. The summed E-state index contributed by atoms with van der Waals surface area (Å²) < 4.78 is 5.10. The Balaban J connectivity index is 1.90. The van der Waals surface area contributed by atoms with Crippen LogP contribution in [0.2, 0.25) is 0 Å². The molecule has 1 aliphatic heterocycles. The van der Waals surface area contributed by atoms with E-state index in [1.807, 2.05) is 37.3 Å². The van der Waals surface area contributed by atoms with E-state index in [0.717, 1.165) is 31.4 Å². The van der Waals surface area contributed by atoms with Gasteiger partial charge in [0.2, 0.25) is 0 Å². The van der Waals surface area contributed by atoms with Crippen LogP contribution in [0.4, 0.5) is 0 Å². The maximum absolute atomic E-state index is 11.9. The van der Waals surface area contributed by atoms with Crippen molar-refractivity contribution in [2.75, 3.05) is 13.2 Å². The molecule has 1 aliphatic rings. The van der Waals surface area contributed by atoms with Gasteiger partial charge in [-0.1, -0.05) is 30.3 Å². The van der Waals surface area contributed by atoms with E-state index in [-0.39, 0.29) is 12.0 Å². The molecule has 2 rings (SSSR count). The SMILES string of the molecule is CCOC(=O)[C@@H]1CCCCN1OCc1ccccc1. The number of piperidine rings is 1. The molecule has 1 fully saturated rings. The van der Waals surface area contributed by atoms with Crippen LogP contribution in [0.3, 0.4) is 0 Å². The molecular formula is C15H21NO3. The fraction of sp³-hybridized carbons (Fsp3) is 0.533. The summed E-state index contributed by atoms with van der Waals surface area (Å²) in [7, 11) is 0. The molecule has 4 heteroatoms. The highest BCUT2D eigenvalue weighted by molar-refractivity contribution is 5.75. The third-order valence-corrected chi connectivity index (χ3v) is 3.25. The number of nitrogens with zero attached hydrogens (tertiary/aromatic N) is 1. The number of hydrogen-bond donors (Lipinski definition) is 0. The molecular weight excluding hydrogens is 242 g/mol. The number of carbonyl (C=O) groups is 1. The van der Waals surface area contributed by atoms with E-state index in [1.165, 1.54) is 0 Å². The molecule has 0 aromatic heterocycles. The van der Waals surface area contributed by atoms with Gasteiger partial charge in [0.25, 0.3) is 0 Å². The van der Waals surface area contributed by atoms with Crippen LogP contribution in [-0.4, -0.2) is 30.2 Å². The number of carbonyl (C=O) groups excluding carboxylic acids is 1. The highest BCUT2D eigenvalue weighted by Gasteiger charge is 2.30. The lowest BCUT2D eigenvalue weighted by molar-refractivity contribution is -0.217. The molecule has 0 aliphatic carbocycles. The van der Waals surface area contributed by atoms with Crippen LogP contribution in [-0.2, 0) is 21.0 Å². The van der Waals surface area contributed by atoms with E-state index in [0.29, 0.717) is 13.2 Å². The van der Waals surface area contributed by atoms with Gasteiger partial charge in [-0.15, -0.1) is 0 Å². The normalized spacial score (nSPS) is 20.2. The number of benzene rings is 1. The molecule has 4 nitrogen and oxygen atoms in total. The van der Waals surface area contributed by atoms with Gasteiger partial charge in [0.05, 0.1) is 13.2 Å². The Morgan fingerprint density at radius 3 is 2.84 bits per heavy atom. The maximum atomic E-state index is 11.9. The Bertz CT molecular complexity index is 394. The van der Waals surface area contributed by atoms with E-state index in [1.54, 1.807) is 5.06 Å². The van der Waals surface area contributed by atoms with Crippen LogP contribution in [0.25, 0.3) is 0 Å². The van der Waals surface area contributed by atoms with Crippen LogP contribution in [0.5, 0.6) is 0 Å². The number of hydroxylamine groups is 2. The first-order valence-corrected chi connectivity index (χ1v) is 6.91. The molecule has 1 saturated heterocycles. The van der Waals surface area contributed by atoms with Gasteiger partial charge in [0, 0.05) is 6.54 Å². The lowest BCUT2D eigenvalue weighted by Crippen LogP contribution is -2.45. The van der Waals surface area contributed by atoms with Gasteiger partial charge < -0.3 is 4.74 Å². The second-order valence-corrected chi connectivity index (χ2v) is 4.66. The van der Waals surface area contributed by atoms with Gasteiger partial charge in [0.1, 0.15) is 6.04 Å². The van der Waals surface area contributed by atoms with Gasteiger partial charge in [0.15, 0.2) is 0 Å². The van der Waals surface area contributed by atoms with E-state index < -0.39 is 0 Å². The quantitative estimate of drug-likeness (QED) is 0.765. The summed E-state index contributed by atoms with van der Waals surface area (Å²) in [5.74, 6) is -0.171. The third kappa shape index (κ3) is 4.04. The molecule has 0 amide bonds. The lowest BCUT2D eigenvalue weighted by atomic mass is 10.0. The van der Waals surface area contributed by atoms with Crippen molar-refractivity contribution in [1.29, 1.82) is 0 Å². The monoisotopic (exact) mass is 263 g/mol. The van der Waals surface area contributed by atoms with Crippen molar-refractivity contribution in [3.63, 3.8) is 0 Å². The third-order valence-electron chi connectivity index (χ3n) is 3.25. The average Bonchev–Trinajstić information content (AvgIpc) is 2.47. The number of esters is 1. The van der Waals surface area contributed by atoms with Crippen LogP contribution in [0, 0.1) is 0 Å². The summed E-state index contributed by atoms with van der Waals surface area (Å²) in [6.07, 6.45) is 2.92. The topological polar surface area (TPSA) is 38.8 Å². The predicted molar refractivity (Wildman–Crippen MR) is 72.2 cm³/mol. The fourth-order valence-corrected chi connectivity index (χ4v) is 2.27. The summed E-state index contributed by atoms with van der Waals surface area (Å²) in [4.78, 5) is 17.7. The largest absolute Gasteiger partial charge is 0.465 e. The molecule has 1 aromatic rings. The minimum atomic E-state index is -0.252. The van der Waals surface area contributed by atoms with Crippen molar-refractivity contribution in [2.45, 2.75) is 38.8 Å². The summed E-state index contributed by atoms with van der Waals surface area (Å²) >= 11 is 0. The van der Waals surface area contributed by atoms with Crippen LogP contribution in [0.15, 0.2) is 30.3 Å². The predicted octanol–water partition coefficient (Wildman–Crippen LogP) is 2.54. The standard InChI is InChI=1S/C15H21NO3/c1-2-18-15(17)14-10-6-7-11-16(14)19-12-13-8-4-3-5-9-13/h3-5,8-9,14H,2,6-7,10-12H2,1H3/t14-/m0/s1. The molecule has 0 radical (unpaired) electrons. The molecule has 1 heterocycles. The van der Waals surface area contributed by atoms with Gasteiger partial charge >= 0.3 is 5.97 Å². The summed E-state index contributed by atoms with van der Waals surface area (Å²) in [5.41, 5.74) is 1.11. The highest BCUT2D eigenvalue weighted by atomic mass is 16.7. The lowest BCUT2D eigenvalue weighted by Gasteiger charge is -2.32. The number of rotatable bonds is 5. The molecule has 0 spiro atoms. The minimum absolute atomic E-state index is 0.171. The van der Waals surface area contributed by atoms with E-state index in [4.69, 9.17) is 9.57 Å². The zero-order chi connectivity index (χ0) is 13.5. The van der Waals surface area contributed by atoms with Gasteiger partial charge in [-0.2, -0.15) is 5.06 Å². The van der Waals surface area contributed by atoms with Gasteiger partial charge in [-0.3, -0.25) is 9.63 Å². The van der Waals surface area contributed by atoms with Crippen molar-refractivity contribution >= 4 is 5.97 Å². The number of ether oxygens (including phenoxy) is 1. The summed E-state index contributed by atoms with van der Waals surface area (Å²) in [6.45, 7) is 3.53. The first-order chi connectivity index (χ1) is 9.31. The Kier molecular flexibility index (Phi) is 5.36. The molecule has 19 heavy (non-hydrogen) atoms. The van der Waals surface area contributed by atoms with Gasteiger partial charge in [-0.25, -0.2) is 0 Å². The average molecular weight is 263 g/mol. The van der Waals surface area contributed by atoms with Crippen molar-refractivity contribution in [3.05, 3.63) is 35.9 Å². The van der Waals surface area contributed by atoms with Gasteiger partial charge in [-0.05, 0) is 31.7 Å². The second-order valence-electron chi connectivity index (χ2n) is 4.66. The Hall–Kier alpha value is -1.39. The Labute approximate surface area is 114 Å². The van der Waals surface area contributed by atoms with E-state index in [2.05, 4.69) is 0 Å². The van der Waals surface area contributed by atoms with Crippen LogP contribution < -0.4 is 0 Å². The van der Waals surface area contributed by atoms with Crippen molar-refractivity contribution in [1.82, 2.24) is 5.06 Å². The van der Waals surface area contributed by atoms with Crippen molar-refractivity contribution in [2.24, 2.45) is 0 Å². The molecule has 1 atom stereocenters. The molecule has 0 bridgehead atoms. The maximum Gasteiger partial charge on any atom is 0.325 e. The fourth-order valence-electron chi connectivity index (χ4n) is 2.27. The number of hydrogen-bond acceptors (Lipinski definition) is 4. The molecule has 0 saturated carbocycles. The summed E-state index contributed by atoms with van der Waals surface area (Å²) in [5, 5.41) is 1.79. The second kappa shape index (κ2) is 7.26.